The lowest BCUT2D eigenvalue weighted by atomic mass is 9.89. The molecule has 2 N–H and O–H groups in total. The van der Waals surface area contributed by atoms with Crippen LogP contribution in [0.15, 0.2) is 42.7 Å². The first-order valence-electron chi connectivity index (χ1n) is 8.79. The van der Waals surface area contributed by atoms with E-state index in [2.05, 4.69) is 27.9 Å². The van der Waals surface area contributed by atoms with Gasteiger partial charge in [-0.15, -0.1) is 12.4 Å². The van der Waals surface area contributed by atoms with E-state index in [0.29, 0.717) is 6.54 Å². The lowest BCUT2D eigenvalue weighted by Crippen LogP contribution is -2.40. The normalized spacial score (nSPS) is 20.8. The summed E-state index contributed by atoms with van der Waals surface area (Å²) in [6, 6.07) is 9.86. The lowest BCUT2D eigenvalue weighted by molar-refractivity contribution is -0.124. The first-order valence-corrected chi connectivity index (χ1v) is 8.79. The highest BCUT2D eigenvalue weighted by Gasteiger charge is 2.29. The van der Waals surface area contributed by atoms with E-state index in [9.17, 15) is 4.79 Å². The zero-order valence-corrected chi connectivity index (χ0v) is 16.0. The summed E-state index contributed by atoms with van der Waals surface area (Å²) >= 11 is 0. The fraction of sp³-hybridized carbons (Fsp3) is 0.474. The van der Waals surface area contributed by atoms with Gasteiger partial charge in [0.2, 0.25) is 5.91 Å². The third-order valence-electron chi connectivity index (χ3n) is 4.72. The van der Waals surface area contributed by atoms with Crippen LogP contribution in [0.2, 0.25) is 0 Å². The monoisotopic (exact) mass is 378 g/mol. The minimum Gasteiger partial charge on any atom is -0.373 e. The maximum absolute atomic E-state index is 12.6. The number of nitrogens with zero attached hydrogens (tertiary/aromatic N) is 2. The fourth-order valence-electron chi connectivity index (χ4n) is 3.44. The molecule has 1 aromatic carbocycles. The molecule has 0 spiro atoms. The van der Waals surface area contributed by atoms with Crippen molar-refractivity contribution in [2.24, 2.45) is 13.0 Å². The molecular weight excluding hydrogens is 352 g/mol. The van der Waals surface area contributed by atoms with Gasteiger partial charge in [0, 0.05) is 37.9 Å². The number of hydrogen-bond acceptors (Lipinski definition) is 4. The van der Waals surface area contributed by atoms with Gasteiger partial charge in [0.15, 0.2) is 0 Å². The number of ether oxygens (including phenoxy) is 1. The smallest absolute Gasteiger partial charge is 0.241 e. The molecule has 1 saturated heterocycles. The van der Waals surface area contributed by atoms with Crippen LogP contribution in [0.1, 0.15) is 36.1 Å². The van der Waals surface area contributed by atoms with Gasteiger partial charge in [-0.05, 0) is 25.5 Å². The van der Waals surface area contributed by atoms with Gasteiger partial charge in [-0.1, -0.05) is 30.3 Å². The molecule has 1 amide bonds. The number of halogens is 1. The number of benzene rings is 1. The van der Waals surface area contributed by atoms with Crippen molar-refractivity contribution in [1.82, 2.24) is 20.4 Å². The van der Waals surface area contributed by atoms with Crippen molar-refractivity contribution in [3.63, 3.8) is 0 Å². The number of nitrogens with one attached hydrogen (secondary N) is 2. The van der Waals surface area contributed by atoms with E-state index in [1.54, 1.807) is 17.9 Å². The Balaban J connectivity index is 0.00000243. The maximum Gasteiger partial charge on any atom is 0.241 e. The van der Waals surface area contributed by atoms with Crippen LogP contribution in [0.3, 0.4) is 0 Å². The van der Waals surface area contributed by atoms with Crippen molar-refractivity contribution in [2.75, 3.05) is 20.2 Å². The molecule has 1 aromatic heterocycles. The predicted molar refractivity (Wildman–Crippen MR) is 103 cm³/mol. The van der Waals surface area contributed by atoms with Crippen molar-refractivity contribution in [3.05, 3.63) is 53.9 Å². The number of likely N-dealkylation sites (N-methyl/N-ethyl adjacent to an activating group) is 1. The molecule has 7 heteroatoms. The summed E-state index contributed by atoms with van der Waals surface area (Å²) in [5.74, 6) is 0.249. The molecule has 2 aromatic rings. The molecule has 1 aliphatic heterocycles. The van der Waals surface area contributed by atoms with E-state index >= 15 is 0 Å². The number of amides is 1. The molecule has 26 heavy (non-hydrogen) atoms. The highest BCUT2D eigenvalue weighted by molar-refractivity contribution is 5.85. The summed E-state index contributed by atoms with van der Waals surface area (Å²) in [5.41, 5.74) is 2.04. The molecule has 0 radical (unpaired) electrons. The van der Waals surface area contributed by atoms with Gasteiger partial charge in [0.05, 0.1) is 12.3 Å². The van der Waals surface area contributed by atoms with Crippen molar-refractivity contribution in [3.8, 4) is 0 Å². The highest BCUT2D eigenvalue weighted by Crippen LogP contribution is 2.33. The third kappa shape index (κ3) is 4.84. The van der Waals surface area contributed by atoms with Gasteiger partial charge in [-0.2, -0.15) is 5.10 Å². The second-order valence-electron chi connectivity index (χ2n) is 6.52. The minimum absolute atomic E-state index is 0. The second-order valence-corrected chi connectivity index (χ2v) is 6.52. The molecule has 1 aliphatic rings. The first kappa shape index (κ1) is 20.4. The van der Waals surface area contributed by atoms with E-state index in [0.717, 1.165) is 25.0 Å². The van der Waals surface area contributed by atoms with Crippen LogP contribution in [0, 0.1) is 5.92 Å². The predicted octanol–water partition coefficient (Wildman–Crippen LogP) is 2.39. The van der Waals surface area contributed by atoms with Crippen LogP contribution in [-0.4, -0.2) is 35.9 Å². The lowest BCUT2D eigenvalue weighted by Gasteiger charge is -2.32. The first-order chi connectivity index (χ1) is 12.2. The zero-order valence-electron chi connectivity index (χ0n) is 15.2. The molecule has 142 valence electrons. The Morgan fingerprint density at radius 3 is 2.81 bits per heavy atom. The summed E-state index contributed by atoms with van der Waals surface area (Å²) in [4.78, 5) is 12.6. The average molecular weight is 379 g/mol. The molecule has 1 fully saturated rings. The Morgan fingerprint density at radius 2 is 2.15 bits per heavy atom. The molecule has 0 saturated carbocycles. The van der Waals surface area contributed by atoms with E-state index in [1.165, 1.54) is 5.56 Å². The van der Waals surface area contributed by atoms with Crippen molar-refractivity contribution in [2.45, 2.75) is 25.0 Å². The van der Waals surface area contributed by atoms with Crippen molar-refractivity contribution in [1.29, 1.82) is 0 Å². The quantitative estimate of drug-likeness (QED) is 0.809. The summed E-state index contributed by atoms with van der Waals surface area (Å²) < 4.78 is 7.71. The number of carbonyl (C=O) groups excluding carboxylic acids is 1. The van der Waals surface area contributed by atoms with Gasteiger partial charge in [-0.25, -0.2) is 0 Å². The Hall–Kier alpha value is -1.89. The summed E-state index contributed by atoms with van der Waals surface area (Å²) in [5, 5.41) is 10.3. The molecule has 3 atom stereocenters. The van der Waals surface area contributed by atoms with E-state index in [1.807, 2.05) is 31.4 Å². The van der Waals surface area contributed by atoms with E-state index in [-0.39, 0.29) is 30.3 Å². The maximum atomic E-state index is 12.6. The second kappa shape index (κ2) is 9.71. The van der Waals surface area contributed by atoms with Crippen molar-refractivity contribution >= 4 is 18.3 Å². The summed E-state index contributed by atoms with van der Waals surface area (Å²) in [6.07, 6.45) is 5.70. The fourth-order valence-corrected chi connectivity index (χ4v) is 3.44. The van der Waals surface area contributed by atoms with E-state index in [4.69, 9.17) is 4.74 Å². The van der Waals surface area contributed by atoms with E-state index < -0.39 is 6.04 Å². The number of hydrogen-bond donors (Lipinski definition) is 2. The van der Waals surface area contributed by atoms with Crippen LogP contribution in [0.25, 0.3) is 0 Å². The number of aromatic nitrogens is 2. The Kier molecular flexibility index (Phi) is 7.63. The Bertz CT molecular complexity index is 692. The van der Waals surface area contributed by atoms with Crippen LogP contribution >= 0.6 is 12.4 Å². The van der Waals surface area contributed by atoms with Crippen molar-refractivity contribution < 1.29 is 9.53 Å². The topological polar surface area (TPSA) is 68.2 Å². The zero-order chi connectivity index (χ0) is 17.6. The summed E-state index contributed by atoms with van der Waals surface area (Å²) in [6.45, 7) is 1.38. The minimum atomic E-state index is -0.395. The standard InChI is InChI=1S/C19H26N4O2.ClH/c1-20-17(16-12-22-23(2)13-16)19(24)21-11-15-9-6-10-25-18(15)14-7-4-3-5-8-14;/h3-5,7-8,12-13,15,17-18,20H,6,9-11H2,1-2H3,(H,21,24);1H. The molecule has 0 bridgehead atoms. The van der Waals surface area contributed by atoms with Crippen LogP contribution in [0.4, 0.5) is 0 Å². The number of rotatable bonds is 6. The molecule has 3 unspecified atom stereocenters. The average Bonchev–Trinajstić information content (AvgIpc) is 3.07. The Morgan fingerprint density at radius 1 is 1.38 bits per heavy atom. The van der Waals surface area contributed by atoms with Gasteiger partial charge < -0.3 is 15.4 Å². The molecule has 3 rings (SSSR count). The third-order valence-corrected chi connectivity index (χ3v) is 4.72. The van der Waals surface area contributed by atoms with Gasteiger partial charge >= 0.3 is 0 Å². The van der Waals surface area contributed by atoms with Crippen LogP contribution < -0.4 is 10.6 Å². The molecular formula is C19H27ClN4O2. The van der Waals surface area contributed by atoms with Gasteiger partial charge in [-0.3, -0.25) is 9.48 Å². The number of aryl methyl sites for hydroxylation is 1. The largest absolute Gasteiger partial charge is 0.373 e. The van der Waals surface area contributed by atoms with Gasteiger partial charge in [0.1, 0.15) is 6.04 Å². The van der Waals surface area contributed by atoms with Crippen LogP contribution in [0.5, 0.6) is 0 Å². The SMILES string of the molecule is CNC(C(=O)NCC1CCCOC1c1ccccc1)c1cnn(C)c1.Cl. The molecule has 6 nitrogen and oxygen atoms in total. The molecule has 0 aliphatic carbocycles. The van der Waals surface area contributed by atoms with Crippen LogP contribution in [-0.2, 0) is 16.6 Å². The number of carbonyl (C=O) groups is 1. The molecule has 2 heterocycles. The summed E-state index contributed by atoms with van der Waals surface area (Å²) in [7, 11) is 3.63. The Labute approximate surface area is 160 Å². The van der Waals surface area contributed by atoms with Gasteiger partial charge in [0.25, 0.3) is 0 Å². The highest BCUT2D eigenvalue weighted by atomic mass is 35.5.